The zero-order valence-corrected chi connectivity index (χ0v) is 7.74. The van der Waals surface area contributed by atoms with E-state index in [1.807, 2.05) is 0 Å². The van der Waals surface area contributed by atoms with Gasteiger partial charge in [-0.05, 0) is 19.8 Å². The molecule has 1 aliphatic carbocycles. The Morgan fingerprint density at radius 2 is 1.92 bits per heavy atom. The molecule has 0 unspecified atom stereocenters. The summed E-state index contributed by atoms with van der Waals surface area (Å²) in [4.78, 5) is 9.44. The molecule has 5 heteroatoms. The summed E-state index contributed by atoms with van der Waals surface area (Å²) < 4.78 is 22.5. The topological polar surface area (TPSA) is 43.1 Å². The molecule has 0 spiro atoms. The number of carbonyl (C=O) groups is 1. The smallest absolute Gasteiger partial charge is 0.160 e. The number of halogens is 3. The number of nitrogens with two attached hydrogens (primary N) is 1. The third-order valence-electron chi connectivity index (χ3n) is 1.31. The Bertz CT molecular complexity index is 123. The first-order valence-electron chi connectivity index (χ1n) is 3.51. The summed E-state index contributed by atoms with van der Waals surface area (Å²) in [7, 11) is 0. The summed E-state index contributed by atoms with van der Waals surface area (Å²) in [5.74, 6) is -0.412. The molecule has 0 amide bonds. The van der Waals surface area contributed by atoms with Crippen LogP contribution in [-0.4, -0.2) is 24.7 Å². The van der Waals surface area contributed by atoms with Gasteiger partial charge in [-0.15, -0.1) is 12.4 Å². The summed E-state index contributed by atoms with van der Waals surface area (Å²) >= 11 is 0. The highest BCUT2D eigenvalue weighted by atomic mass is 35.5. The van der Waals surface area contributed by atoms with Gasteiger partial charge in [0.15, 0.2) is 5.78 Å². The van der Waals surface area contributed by atoms with E-state index in [0.29, 0.717) is 12.8 Å². The van der Waals surface area contributed by atoms with Gasteiger partial charge in [-0.1, -0.05) is 0 Å². The maximum absolute atomic E-state index is 11.7. The molecule has 1 aliphatic rings. The second-order valence-electron chi connectivity index (χ2n) is 2.66. The number of rotatable bonds is 1. The predicted octanol–water partition coefficient (Wildman–Crippen LogP) is 1.41. The van der Waals surface area contributed by atoms with Crippen molar-refractivity contribution < 1.29 is 13.6 Å². The van der Waals surface area contributed by atoms with E-state index < -0.39 is 18.6 Å². The Labute approximate surface area is 76.9 Å². The van der Waals surface area contributed by atoms with Gasteiger partial charge in [0.2, 0.25) is 0 Å². The number of ketones is 1. The predicted molar refractivity (Wildman–Crippen MR) is 46.0 cm³/mol. The first kappa shape index (κ1) is 14.3. The summed E-state index contributed by atoms with van der Waals surface area (Å²) in [6.07, 6.45) is 0.583. The standard InChI is InChI=1S/C4H8FN.C3H5FO.ClH/c5-3-1-4(6)2-3;1-3(5)2-4;/h3-4H,1-2,6H2;2H2,1H3;1H. The fraction of sp³-hybridized carbons (Fsp3) is 0.857. The van der Waals surface area contributed by atoms with Gasteiger partial charge in [-0.3, -0.25) is 4.79 Å². The van der Waals surface area contributed by atoms with Crippen LogP contribution in [0.5, 0.6) is 0 Å². The van der Waals surface area contributed by atoms with Crippen LogP contribution < -0.4 is 5.73 Å². The monoisotopic (exact) mass is 201 g/mol. The van der Waals surface area contributed by atoms with Crippen molar-refractivity contribution in [3.63, 3.8) is 0 Å². The molecular formula is C7H14ClF2NO. The molecule has 0 atom stereocenters. The lowest BCUT2D eigenvalue weighted by molar-refractivity contribution is -0.117. The minimum Gasteiger partial charge on any atom is -0.327 e. The number of carbonyl (C=O) groups excluding carboxylic acids is 1. The molecule has 0 aromatic rings. The molecule has 1 fully saturated rings. The Morgan fingerprint density at radius 3 is 1.92 bits per heavy atom. The summed E-state index contributed by atoms with van der Waals surface area (Å²) in [6, 6.07) is 0.167. The number of alkyl halides is 2. The Kier molecular flexibility index (Phi) is 8.86. The maximum atomic E-state index is 11.7. The molecule has 1 rings (SSSR count). The number of hydrogen-bond donors (Lipinski definition) is 1. The summed E-state index contributed by atoms with van der Waals surface area (Å²) in [6.45, 7) is 0.375. The van der Waals surface area contributed by atoms with Crippen LogP contribution in [0.2, 0.25) is 0 Å². The van der Waals surface area contributed by atoms with Gasteiger partial charge in [-0.2, -0.15) is 0 Å². The first-order chi connectivity index (χ1) is 5.06. The molecule has 0 bridgehead atoms. The highest BCUT2D eigenvalue weighted by molar-refractivity contribution is 5.85. The zero-order valence-electron chi connectivity index (χ0n) is 6.93. The van der Waals surface area contributed by atoms with Crippen LogP contribution in [0.3, 0.4) is 0 Å². The van der Waals surface area contributed by atoms with Crippen LogP contribution in [0.1, 0.15) is 19.8 Å². The fourth-order valence-corrected chi connectivity index (χ4v) is 0.588. The molecule has 0 radical (unpaired) electrons. The van der Waals surface area contributed by atoms with Crippen molar-refractivity contribution in [3.05, 3.63) is 0 Å². The second kappa shape index (κ2) is 7.43. The quantitative estimate of drug-likeness (QED) is 0.697. The molecule has 2 N–H and O–H groups in total. The average molecular weight is 202 g/mol. The lowest BCUT2D eigenvalue weighted by Crippen LogP contribution is -2.37. The van der Waals surface area contributed by atoms with Crippen molar-refractivity contribution in [2.75, 3.05) is 6.67 Å². The Balaban J connectivity index is 0. The van der Waals surface area contributed by atoms with Crippen LogP contribution in [-0.2, 0) is 4.79 Å². The SMILES string of the molecule is CC(=O)CF.Cl.NC1CC(F)C1. The van der Waals surface area contributed by atoms with Gasteiger partial charge in [0.05, 0.1) is 0 Å². The Morgan fingerprint density at radius 1 is 1.58 bits per heavy atom. The summed E-state index contributed by atoms with van der Waals surface area (Å²) in [5, 5.41) is 0. The molecule has 0 aliphatic heterocycles. The molecule has 0 aromatic carbocycles. The average Bonchev–Trinajstić information content (AvgIpc) is 1.87. The van der Waals surface area contributed by atoms with Crippen molar-refractivity contribution in [1.29, 1.82) is 0 Å². The molecule has 0 heterocycles. The lowest BCUT2D eigenvalue weighted by Gasteiger charge is -2.24. The molecule has 74 valence electrons. The van der Waals surface area contributed by atoms with Crippen LogP contribution in [0, 0.1) is 0 Å². The van der Waals surface area contributed by atoms with E-state index in [4.69, 9.17) is 5.73 Å². The largest absolute Gasteiger partial charge is 0.327 e. The van der Waals surface area contributed by atoms with Gasteiger partial charge in [-0.25, -0.2) is 8.78 Å². The van der Waals surface area contributed by atoms with Crippen LogP contribution in [0.4, 0.5) is 8.78 Å². The van der Waals surface area contributed by atoms with Crippen LogP contribution in [0.15, 0.2) is 0 Å². The van der Waals surface area contributed by atoms with Crippen molar-refractivity contribution in [2.45, 2.75) is 32.0 Å². The molecule has 0 aromatic heterocycles. The van der Waals surface area contributed by atoms with Gasteiger partial charge < -0.3 is 5.73 Å². The van der Waals surface area contributed by atoms with Crippen LogP contribution >= 0.6 is 12.4 Å². The van der Waals surface area contributed by atoms with Crippen molar-refractivity contribution >= 4 is 18.2 Å². The molecule has 0 saturated heterocycles. The van der Waals surface area contributed by atoms with Gasteiger partial charge in [0.1, 0.15) is 12.8 Å². The summed E-state index contributed by atoms with van der Waals surface area (Å²) in [5.41, 5.74) is 5.23. The third-order valence-corrected chi connectivity index (χ3v) is 1.31. The highest BCUT2D eigenvalue weighted by Crippen LogP contribution is 2.20. The molecule has 12 heavy (non-hydrogen) atoms. The first-order valence-corrected chi connectivity index (χ1v) is 3.51. The molecule has 2 nitrogen and oxygen atoms in total. The van der Waals surface area contributed by atoms with E-state index in [-0.39, 0.29) is 18.4 Å². The molecular weight excluding hydrogens is 188 g/mol. The van der Waals surface area contributed by atoms with Gasteiger partial charge in [0.25, 0.3) is 0 Å². The van der Waals surface area contributed by atoms with E-state index in [0.717, 1.165) is 0 Å². The van der Waals surface area contributed by atoms with Gasteiger partial charge in [0, 0.05) is 6.04 Å². The normalized spacial score (nSPS) is 25.7. The van der Waals surface area contributed by atoms with Crippen molar-refractivity contribution in [2.24, 2.45) is 5.73 Å². The number of hydrogen-bond acceptors (Lipinski definition) is 2. The van der Waals surface area contributed by atoms with E-state index in [9.17, 15) is 13.6 Å². The van der Waals surface area contributed by atoms with E-state index in [1.54, 1.807) is 0 Å². The fourth-order valence-electron chi connectivity index (χ4n) is 0.588. The minimum atomic E-state index is -0.833. The highest BCUT2D eigenvalue weighted by Gasteiger charge is 2.24. The zero-order chi connectivity index (χ0) is 8.85. The van der Waals surface area contributed by atoms with E-state index >= 15 is 0 Å². The molecule has 1 saturated carbocycles. The lowest BCUT2D eigenvalue weighted by atomic mass is 9.92. The minimum absolute atomic E-state index is 0. The maximum Gasteiger partial charge on any atom is 0.160 e. The van der Waals surface area contributed by atoms with Crippen LogP contribution in [0.25, 0.3) is 0 Å². The van der Waals surface area contributed by atoms with E-state index in [2.05, 4.69) is 0 Å². The second-order valence-corrected chi connectivity index (χ2v) is 2.66. The van der Waals surface area contributed by atoms with E-state index in [1.165, 1.54) is 6.92 Å². The van der Waals surface area contributed by atoms with Crippen molar-refractivity contribution in [1.82, 2.24) is 0 Å². The third kappa shape index (κ3) is 7.88. The van der Waals surface area contributed by atoms with Gasteiger partial charge >= 0.3 is 0 Å². The number of Topliss-reactive ketones (excluding diaryl/α,β-unsaturated/α-hetero) is 1. The van der Waals surface area contributed by atoms with Crippen molar-refractivity contribution in [3.8, 4) is 0 Å². The Hall–Kier alpha value is -0.220.